The fourth-order valence-electron chi connectivity index (χ4n) is 3.69. The summed E-state index contributed by atoms with van der Waals surface area (Å²) >= 11 is 0. The third-order valence-corrected chi connectivity index (χ3v) is 6.00. The van der Waals surface area contributed by atoms with Crippen LogP contribution < -0.4 is 21.5 Å². The molecule has 0 bridgehead atoms. The Morgan fingerprint density at radius 3 is 2.41 bits per heavy atom. The molecule has 1 atom stereocenters. The van der Waals surface area contributed by atoms with Gasteiger partial charge in [0.25, 0.3) is 5.56 Å². The topological polar surface area (TPSA) is 173 Å². The second kappa shape index (κ2) is 18.3. The van der Waals surface area contributed by atoms with Crippen LogP contribution in [0.15, 0.2) is 35.3 Å². The number of rotatable bonds is 18. The lowest BCUT2D eigenvalue weighted by atomic mass is 10.00. The van der Waals surface area contributed by atoms with Gasteiger partial charge in [-0.15, -0.1) is 0 Å². The van der Waals surface area contributed by atoms with Gasteiger partial charge in [0.05, 0.1) is 13.0 Å². The molecule has 0 aliphatic carbocycles. The number of hydrogen-bond donors (Lipinski definition) is 4. The highest BCUT2D eigenvalue weighted by Gasteiger charge is 2.22. The van der Waals surface area contributed by atoms with Gasteiger partial charge in [-0.25, -0.2) is 4.79 Å². The minimum Gasteiger partial charge on any atom is -0.481 e. The molecule has 4 N–H and O–H groups in total. The number of hydrogen-bond acceptors (Lipinski definition) is 7. The molecule has 12 nitrogen and oxygen atoms in total. The second-order valence-corrected chi connectivity index (χ2v) is 8.91. The first kappa shape index (κ1) is 33.1. The molecule has 216 valence electrons. The molecule has 0 fully saturated rings. The molecule has 0 unspecified atom stereocenters. The summed E-state index contributed by atoms with van der Waals surface area (Å²) in [6.45, 7) is 6.35. The largest absolute Gasteiger partial charge is 0.481 e. The van der Waals surface area contributed by atoms with Crippen molar-refractivity contribution in [1.29, 1.82) is 0 Å². The highest BCUT2D eigenvalue weighted by atomic mass is 16.5. The number of nitrogens with one attached hydrogen (secondary N) is 3. The van der Waals surface area contributed by atoms with Crippen LogP contribution in [-0.4, -0.2) is 58.5 Å². The standard InChI is InChI=1S/C27H40N4O8/c1-4-19(5-2)15-16-28-23(33)18-31-17-9-11-21(27(31)38)30-26(37)20(29-22(32)13-14-24(34)35)10-7-8-12-25(36)39-6-3/h8-9,11-12,17,19-20H,4-7,10,13-16,18H2,1-3H3,(H,28,33)(H,29,32)(H,30,37)(H,34,35)/t20-/m0/s1. The lowest BCUT2D eigenvalue weighted by molar-refractivity contribution is -0.139. The maximum absolute atomic E-state index is 13.0. The Labute approximate surface area is 228 Å². The third-order valence-electron chi connectivity index (χ3n) is 6.00. The predicted molar refractivity (Wildman–Crippen MR) is 145 cm³/mol. The van der Waals surface area contributed by atoms with Gasteiger partial charge in [-0.3, -0.25) is 24.0 Å². The van der Waals surface area contributed by atoms with Gasteiger partial charge >= 0.3 is 11.9 Å². The fourth-order valence-corrected chi connectivity index (χ4v) is 3.69. The number of pyridine rings is 1. The molecule has 1 rings (SSSR count). The molecule has 1 aromatic heterocycles. The van der Waals surface area contributed by atoms with Gasteiger partial charge in [-0.2, -0.15) is 0 Å². The molecular weight excluding hydrogens is 508 g/mol. The second-order valence-electron chi connectivity index (χ2n) is 8.91. The summed E-state index contributed by atoms with van der Waals surface area (Å²) in [6.07, 6.45) is 6.56. The van der Waals surface area contributed by atoms with Crippen molar-refractivity contribution in [2.24, 2.45) is 5.92 Å². The zero-order valence-electron chi connectivity index (χ0n) is 22.9. The van der Waals surface area contributed by atoms with Gasteiger partial charge in [-0.05, 0) is 44.2 Å². The fraction of sp³-hybridized carbons (Fsp3) is 0.556. The normalized spacial score (nSPS) is 11.7. The van der Waals surface area contributed by atoms with E-state index in [0.717, 1.165) is 19.3 Å². The SMILES string of the molecule is CCOC(=O)C=CCC[C@H](NC(=O)CCC(=O)O)C(=O)Nc1cccn(CC(=O)NCCC(CC)CC)c1=O. The Bertz CT molecular complexity index is 1060. The zero-order chi connectivity index (χ0) is 29.2. The van der Waals surface area contributed by atoms with Crippen molar-refractivity contribution in [2.45, 2.75) is 78.3 Å². The number of allylic oxidation sites excluding steroid dienone is 1. The van der Waals surface area contributed by atoms with Crippen LogP contribution in [0.25, 0.3) is 0 Å². The summed E-state index contributed by atoms with van der Waals surface area (Å²) < 4.78 is 5.96. The highest BCUT2D eigenvalue weighted by Crippen LogP contribution is 2.11. The minimum atomic E-state index is -1.16. The van der Waals surface area contributed by atoms with Gasteiger partial charge in [-0.1, -0.05) is 32.8 Å². The average molecular weight is 549 g/mol. The Morgan fingerprint density at radius 1 is 1.05 bits per heavy atom. The lowest BCUT2D eigenvalue weighted by Gasteiger charge is -2.18. The smallest absolute Gasteiger partial charge is 0.330 e. The highest BCUT2D eigenvalue weighted by molar-refractivity contribution is 5.97. The van der Waals surface area contributed by atoms with Crippen molar-refractivity contribution >= 4 is 35.3 Å². The van der Waals surface area contributed by atoms with Crippen LogP contribution >= 0.6 is 0 Å². The number of aromatic nitrogens is 1. The summed E-state index contributed by atoms with van der Waals surface area (Å²) in [7, 11) is 0. The van der Waals surface area contributed by atoms with Crippen LogP contribution in [0.5, 0.6) is 0 Å². The van der Waals surface area contributed by atoms with Crippen LogP contribution in [0.2, 0.25) is 0 Å². The Hall–Kier alpha value is -3.96. The zero-order valence-corrected chi connectivity index (χ0v) is 22.9. The Morgan fingerprint density at radius 2 is 1.77 bits per heavy atom. The number of ether oxygens (including phenoxy) is 1. The molecule has 12 heteroatoms. The molecular formula is C27H40N4O8. The summed E-state index contributed by atoms with van der Waals surface area (Å²) in [6, 6.07) is 1.78. The van der Waals surface area contributed by atoms with Crippen molar-refractivity contribution < 1.29 is 33.8 Å². The molecule has 0 aliphatic heterocycles. The quantitative estimate of drug-likeness (QED) is 0.159. The number of carboxylic acids is 1. The van der Waals surface area contributed by atoms with Gasteiger partial charge in [0, 0.05) is 25.2 Å². The first-order valence-electron chi connectivity index (χ1n) is 13.2. The van der Waals surface area contributed by atoms with E-state index in [1.165, 1.54) is 35.0 Å². The first-order valence-corrected chi connectivity index (χ1v) is 13.2. The summed E-state index contributed by atoms with van der Waals surface area (Å²) in [5, 5.41) is 16.6. The van der Waals surface area contributed by atoms with E-state index in [9.17, 15) is 28.8 Å². The molecule has 0 aromatic carbocycles. The molecule has 1 heterocycles. The van der Waals surface area contributed by atoms with E-state index in [0.29, 0.717) is 12.5 Å². The molecule has 39 heavy (non-hydrogen) atoms. The minimum absolute atomic E-state index is 0.0699. The van der Waals surface area contributed by atoms with Crippen LogP contribution in [-0.2, 0) is 35.3 Å². The number of carboxylic acid groups (broad SMARTS) is 1. The number of aliphatic carboxylic acids is 1. The predicted octanol–water partition coefficient (Wildman–Crippen LogP) is 1.98. The lowest BCUT2D eigenvalue weighted by Crippen LogP contribution is -2.44. The van der Waals surface area contributed by atoms with Crippen molar-refractivity contribution in [3.8, 4) is 0 Å². The molecule has 3 amide bonds. The molecule has 0 spiro atoms. The summed E-state index contributed by atoms with van der Waals surface area (Å²) in [5.74, 6) is -2.87. The average Bonchev–Trinajstić information content (AvgIpc) is 2.89. The van der Waals surface area contributed by atoms with E-state index >= 15 is 0 Å². The number of esters is 1. The maximum Gasteiger partial charge on any atom is 0.330 e. The third kappa shape index (κ3) is 13.4. The monoisotopic (exact) mass is 548 g/mol. The summed E-state index contributed by atoms with van der Waals surface area (Å²) in [5.41, 5.74) is -0.682. The van der Waals surface area contributed by atoms with Crippen molar-refractivity contribution in [3.63, 3.8) is 0 Å². The van der Waals surface area contributed by atoms with Crippen LogP contribution in [0.3, 0.4) is 0 Å². The van der Waals surface area contributed by atoms with Crippen molar-refractivity contribution in [3.05, 3.63) is 40.8 Å². The molecule has 0 radical (unpaired) electrons. The molecule has 0 saturated carbocycles. The maximum atomic E-state index is 13.0. The Balaban J connectivity index is 2.88. The number of nitrogens with zero attached hydrogens (tertiary/aromatic N) is 1. The van der Waals surface area contributed by atoms with E-state index in [4.69, 9.17) is 9.84 Å². The molecule has 0 saturated heterocycles. The van der Waals surface area contributed by atoms with Gasteiger partial charge < -0.3 is 30.4 Å². The molecule has 0 aliphatic rings. The number of carbonyl (C=O) groups is 5. The van der Waals surface area contributed by atoms with Crippen LogP contribution in [0, 0.1) is 5.92 Å². The van der Waals surface area contributed by atoms with E-state index < -0.39 is 41.8 Å². The van der Waals surface area contributed by atoms with Gasteiger partial charge in [0.1, 0.15) is 18.3 Å². The van der Waals surface area contributed by atoms with E-state index in [2.05, 4.69) is 29.8 Å². The molecule has 1 aromatic rings. The number of carbonyl (C=O) groups excluding carboxylic acids is 4. The van der Waals surface area contributed by atoms with Gasteiger partial charge in [0.15, 0.2) is 0 Å². The first-order chi connectivity index (χ1) is 18.6. The van der Waals surface area contributed by atoms with Crippen molar-refractivity contribution in [1.82, 2.24) is 15.2 Å². The Kier molecular flexibility index (Phi) is 15.5. The van der Waals surface area contributed by atoms with Crippen molar-refractivity contribution in [2.75, 3.05) is 18.5 Å². The van der Waals surface area contributed by atoms with Crippen LogP contribution in [0.4, 0.5) is 5.69 Å². The van der Waals surface area contributed by atoms with E-state index in [1.54, 1.807) is 6.92 Å². The number of anilines is 1. The van der Waals surface area contributed by atoms with Gasteiger partial charge in [0.2, 0.25) is 17.7 Å². The number of amides is 3. The summed E-state index contributed by atoms with van der Waals surface area (Å²) in [4.78, 5) is 72.7. The van der Waals surface area contributed by atoms with Crippen LogP contribution in [0.1, 0.15) is 65.7 Å². The van der Waals surface area contributed by atoms with E-state index in [-0.39, 0.29) is 44.0 Å². The van der Waals surface area contributed by atoms with E-state index in [1.807, 2.05) is 0 Å².